The van der Waals surface area contributed by atoms with Crippen molar-refractivity contribution in [2.24, 2.45) is 0 Å². The lowest BCUT2D eigenvalue weighted by Crippen LogP contribution is -2.55. The molecule has 0 saturated carbocycles. The minimum Gasteiger partial charge on any atom is -0.311 e. The Morgan fingerprint density at radius 2 is 2.11 bits per heavy atom. The molecule has 1 saturated heterocycles. The molecule has 0 aromatic heterocycles. The Labute approximate surface area is 54.8 Å². The average molecular weight is 128 g/mol. The van der Waals surface area contributed by atoms with Crippen molar-refractivity contribution in [1.82, 2.24) is 10.6 Å². The Balaban J connectivity index is 2.38. The van der Waals surface area contributed by atoms with Crippen LogP contribution in [-0.4, -0.2) is 31.5 Å². The van der Waals surface area contributed by atoms with Gasteiger partial charge in [0.15, 0.2) is 0 Å². The predicted molar refractivity (Wildman–Crippen MR) is 35.3 cm³/mol. The monoisotopic (exact) mass is 128 g/mol. The molecule has 52 valence electrons. The summed E-state index contributed by atoms with van der Waals surface area (Å²) < 4.78 is 0. The molecular formula is C6H12N2O. The normalized spacial score (nSPS) is 36.1. The quantitative estimate of drug-likeness (QED) is 0.451. The Bertz CT molecular complexity index is 105. The van der Waals surface area contributed by atoms with Crippen LogP contribution in [0.3, 0.4) is 0 Å². The highest BCUT2D eigenvalue weighted by Crippen LogP contribution is 1.92. The Hall–Kier alpha value is -0.410. The molecule has 0 radical (unpaired) electrons. The van der Waals surface area contributed by atoms with Gasteiger partial charge in [0.25, 0.3) is 0 Å². The van der Waals surface area contributed by atoms with E-state index in [1.807, 2.05) is 6.92 Å². The van der Waals surface area contributed by atoms with E-state index in [2.05, 4.69) is 10.6 Å². The maximum Gasteiger partial charge on any atom is 0.138 e. The number of aldehydes is 1. The van der Waals surface area contributed by atoms with Crippen molar-refractivity contribution in [3.63, 3.8) is 0 Å². The maximum absolute atomic E-state index is 10.3. The Morgan fingerprint density at radius 3 is 2.56 bits per heavy atom. The molecule has 3 nitrogen and oxygen atoms in total. The van der Waals surface area contributed by atoms with E-state index >= 15 is 0 Å². The van der Waals surface area contributed by atoms with Crippen molar-refractivity contribution in [3.8, 4) is 0 Å². The molecule has 0 aromatic rings. The Kier molecular flexibility index (Phi) is 2.19. The zero-order valence-electron chi connectivity index (χ0n) is 5.55. The largest absolute Gasteiger partial charge is 0.311 e. The number of rotatable bonds is 1. The molecule has 0 aromatic carbocycles. The lowest BCUT2D eigenvalue weighted by molar-refractivity contribution is -0.110. The van der Waals surface area contributed by atoms with Gasteiger partial charge in [-0.15, -0.1) is 0 Å². The number of hydrogen-bond donors (Lipinski definition) is 2. The average Bonchev–Trinajstić information content (AvgIpc) is 1.89. The molecule has 1 aliphatic heterocycles. The van der Waals surface area contributed by atoms with E-state index in [0.29, 0.717) is 0 Å². The summed E-state index contributed by atoms with van der Waals surface area (Å²) in [6, 6.07) is 0.301. The fourth-order valence-electron chi connectivity index (χ4n) is 1.01. The third-order valence-corrected chi connectivity index (χ3v) is 1.66. The van der Waals surface area contributed by atoms with Crippen molar-refractivity contribution in [2.75, 3.05) is 13.1 Å². The minimum absolute atomic E-state index is 0.0127. The molecule has 9 heavy (non-hydrogen) atoms. The van der Waals surface area contributed by atoms with E-state index in [4.69, 9.17) is 0 Å². The van der Waals surface area contributed by atoms with E-state index in [9.17, 15) is 4.79 Å². The summed E-state index contributed by atoms with van der Waals surface area (Å²) >= 11 is 0. The van der Waals surface area contributed by atoms with Crippen molar-refractivity contribution in [2.45, 2.75) is 19.0 Å². The first kappa shape index (κ1) is 6.71. The van der Waals surface area contributed by atoms with Crippen molar-refractivity contribution in [3.05, 3.63) is 0 Å². The van der Waals surface area contributed by atoms with Crippen molar-refractivity contribution < 1.29 is 4.79 Å². The topological polar surface area (TPSA) is 41.1 Å². The summed E-state index contributed by atoms with van der Waals surface area (Å²) in [5.74, 6) is 0. The van der Waals surface area contributed by atoms with Crippen LogP contribution in [0, 0.1) is 0 Å². The SMILES string of the molecule is C[C@H]1NCCNC1C=O. The van der Waals surface area contributed by atoms with E-state index in [0.717, 1.165) is 19.4 Å². The molecule has 0 amide bonds. The van der Waals surface area contributed by atoms with Gasteiger partial charge < -0.3 is 15.4 Å². The molecule has 1 unspecified atom stereocenters. The number of piperazine rings is 1. The molecule has 1 aliphatic rings. The van der Waals surface area contributed by atoms with Gasteiger partial charge in [0.1, 0.15) is 6.29 Å². The first-order valence-corrected chi connectivity index (χ1v) is 3.26. The molecule has 0 bridgehead atoms. The van der Waals surface area contributed by atoms with Crippen LogP contribution in [0.5, 0.6) is 0 Å². The zero-order valence-corrected chi connectivity index (χ0v) is 5.55. The number of hydrogen-bond acceptors (Lipinski definition) is 3. The summed E-state index contributed by atoms with van der Waals surface area (Å²) in [7, 11) is 0. The molecule has 1 rings (SSSR count). The molecule has 0 spiro atoms. The fraction of sp³-hybridized carbons (Fsp3) is 0.833. The van der Waals surface area contributed by atoms with Crippen molar-refractivity contribution in [1.29, 1.82) is 0 Å². The second-order valence-corrected chi connectivity index (χ2v) is 2.36. The zero-order chi connectivity index (χ0) is 6.69. The summed E-state index contributed by atoms with van der Waals surface area (Å²) in [6.45, 7) is 3.87. The second kappa shape index (κ2) is 2.94. The highest BCUT2D eigenvalue weighted by atomic mass is 16.1. The van der Waals surface area contributed by atoms with Crippen LogP contribution >= 0.6 is 0 Å². The highest BCUT2D eigenvalue weighted by molar-refractivity contribution is 5.59. The first-order chi connectivity index (χ1) is 4.34. The van der Waals surface area contributed by atoms with E-state index < -0.39 is 0 Å². The van der Waals surface area contributed by atoms with Crippen LogP contribution in [-0.2, 0) is 4.79 Å². The second-order valence-electron chi connectivity index (χ2n) is 2.36. The molecule has 3 heteroatoms. The number of carbonyl (C=O) groups is 1. The molecule has 1 heterocycles. The standard InChI is InChI=1S/C6H12N2O/c1-5-6(4-9)8-3-2-7-5/h4-8H,2-3H2,1H3/t5-,6?/m1/s1. The van der Waals surface area contributed by atoms with Gasteiger partial charge in [0, 0.05) is 19.1 Å². The van der Waals surface area contributed by atoms with Gasteiger partial charge in [-0.3, -0.25) is 0 Å². The van der Waals surface area contributed by atoms with E-state index in [1.165, 1.54) is 0 Å². The van der Waals surface area contributed by atoms with E-state index in [-0.39, 0.29) is 12.1 Å². The summed E-state index contributed by atoms with van der Waals surface area (Å²) in [4.78, 5) is 10.3. The molecule has 1 fully saturated rings. The van der Waals surface area contributed by atoms with Gasteiger partial charge in [-0.05, 0) is 6.92 Å². The van der Waals surface area contributed by atoms with Crippen LogP contribution in [0.25, 0.3) is 0 Å². The maximum atomic E-state index is 10.3. The van der Waals surface area contributed by atoms with Gasteiger partial charge >= 0.3 is 0 Å². The lowest BCUT2D eigenvalue weighted by Gasteiger charge is -2.26. The van der Waals surface area contributed by atoms with Crippen LogP contribution in [0.1, 0.15) is 6.92 Å². The van der Waals surface area contributed by atoms with Gasteiger partial charge in [-0.1, -0.05) is 0 Å². The van der Waals surface area contributed by atoms with Gasteiger partial charge in [0.2, 0.25) is 0 Å². The third-order valence-electron chi connectivity index (χ3n) is 1.66. The third kappa shape index (κ3) is 1.50. The molecule has 2 N–H and O–H groups in total. The number of carbonyl (C=O) groups excluding carboxylic acids is 1. The van der Waals surface area contributed by atoms with Crippen LogP contribution in [0.15, 0.2) is 0 Å². The van der Waals surface area contributed by atoms with Crippen LogP contribution < -0.4 is 10.6 Å². The minimum atomic E-state index is 0.0127. The lowest BCUT2D eigenvalue weighted by atomic mass is 10.1. The summed E-state index contributed by atoms with van der Waals surface area (Å²) in [5, 5.41) is 6.28. The van der Waals surface area contributed by atoms with Crippen molar-refractivity contribution >= 4 is 6.29 Å². The molecular weight excluding hydrogens is 116 g/mol. The Morgan fingerprint density at radius 1 is 1.44 bits per heavy atom. The fourth-order valence-corrected chi connectivity index (χ4v) is 1.01. The summed E-state index contributed by atoms with van der Waals surface area (Å²) in [6.07, 6.45) is 0.955. The predicted octanol–water partition coefficient (Wildman–Crippen LogP) is -0.865. The summed E-state index contributed by atoms with van der Waals surface area (Å²) in [5.41, 5.74) is 0. The van der Waals surface area contributed by atoms with Gasteiger partial charge in [-0.2, -0.15) is 0 Å². The highest BCUT2D eigenvalue weighted by Gasteiger charge is 2.18. The molecule has 0 aliphatic carbocycles. The van der Waals surface area contributed by atoms with Gasteiger partial charge in [0.05, 0.1) is 6.04 Å². The van der Waals surface area contributed by atoms with Crippen LogP contribution in [0.4, 0.5) is 0 Å². The molecule has 2 atom stereocenters. The van der Waals surface area contributed by atoms with Gasteiger partial charge in [-0.25, -0.2) is 0 Å². The first-order valence-electron chi connectivity index (χ1n) is 3.26. The van der Waals surface area contributed by atoms with Crippen LogP contribution in [0.2, 0.25) is 0 Å². The smallest absolute Gasteiger partial charge is 0.138 e. The van der Waals surface area contributed by atoms with E-state index in [1.54, 1.807) is 0 Å². The number of nitrogens with one attached hydrogen (secondary N) is 2.